The summed E-state index contributed by atoms with van der Waals surface area (Å²) in [7, 11) is -1.26. The van der Waals surface area contributed by atoms with E-state index in [-0.39, 0.29) is 10.8 Å². The molecule has 208 valence electrons. The second-order valence-electron chi connectivity index (χ2n) is 10.8. The van der Waals surface area contributed by atoms with Gasteiger partial charge in [0, 0.05) is 12.8 Å². The van der Waals surface area contributed by atoms with Crippen molar-refractivity contribution in [3.05, 3.63) is 99.3 Å². The highest BCUT2D eigenvalue weighted by atomic mass is 127. The Labute approximate surface area is 247 Å². The SMILES string of the molecule is COc1cc([C@H](O)CC=C=C(CO[Si](c2ccccc2)(c2ccccc2)C(C)(C)C)C[C@H](C)O)cc(I)c1O. The molecule has 0 saturated carbocycles. The Bertz CT molecular complexity index is 1240. The van der Waals surface area contributed by atoms with Crippen LogP contribution in [0.4, 0.5) is 0 Å². The summed E-state index contributed by atoms with van der Waals surface area (Å²) in [5, 5.41) is 33.4. The molecule has 3 rings (SSSR count). The number of phenols is 1. The highest BCUT2D eigenvalue weighted by molar-refractivity contribution is 14.1. The number of ether oxygens (including phenoxy) is 1. The summed E-state index contributed by atoms with van der Waals surface area (Å²) in [6, 6.07) is 24.3. The highest BCUT2D eigenvalue weighted by Crippen LogP contribution is 2.37. The van der Waals surface area contributed by atoms with Crippen LogP contribution >= 0.6 is 22.6 Å². The van der Waals surface area contributed by atoms with Gasteiger partial charge in [0.25, 0.3) is 8.32 Å². The van der Waals surface area contributed by atoms with Crippen LogP contribution < -0.4 is 15.1 Å². The number of hydrogen-bond donors (Lipinski definition) is 3. The number of benzene rings is 3. The summed E-state index contributed by atoms with van der Waals surface area (Å²) in [4.78, 5) is 0. The smallest absolute Gasteiger partial charge is 0.261 e. The van der Waals surface area contributed by atoms with Gasteiger partial charge < -0.3 is 24.5 Å². The van der Waals surface area contributed by atoms with Crippen molar-refractivity contribution in [1.82, 2.24) is 0 Å². The third-order valence-electron chi connectivity index (χ3n) is 6.72. The van der Waals surface area contributed by atoms with Crippen molar-refractivity contribution >= 4 is 41.3 Å². The van der Waals surface area contributed by atoms with Crippen molar-refractivity contribution in [2.24, 2.45) is 0 Å². The second kappa shape index (κ2) is 13.8. The molecule has 0 unspecified atom stereocenters. The first kappa shape index (κ1) is 31.1. The average molecular weight is 659 g/mol. The minimum atomic E-state index is -2.74. The predicted molar refractivity (Wildman–Crippen MR) is 168 cm³/mol. The highest BCUT2D eigenvalue weighted by Gasteiger charge is 2.50. The largest absolute Gasteiger partial charge is 0.504 e. The van der Waals surface area contributed by atoms with Crippen molar-refractivity contribution < 1.29 is 24.5 Å². The van der Waals surface area contributed by atoms with E-state index >= 15 is 0 Å². The van der Waals surface area contributed by atoms with Gasteiger partial charge >= 0.3 is 0 Å². The molecule has 0 bridgehead atoms. The van der Waals surface area contributed by atoms with E-state index in [4.69, 9.17) is 9.16 Å². The molecule has 0 saturated heterocycles. The van der Waals surface area contributed by atoms with E-state index in [0.717, 1.165) is 5.57 Å². The van der Waals surface area contributed by atoms with Crippen molar-refractivity contribution in [3.8, 4) is 11.5 Å². The second-order valence-corrected chi connectivity index (χ2v) is 16.2. The van der Waals surface area contributed by atoms with Crippen molar-refractivity contribution in [2.45, 2.75) is 57.8 Å². The lowest BCUT2D eigenvalue weighted by Gasteiger charge is -2.43. The van der Waals surface area contributed by atoms with Gasteiger partial charge in [0.05, 0.1) is 29.5 Å². The lowest BCUT2D eigenvalue weighted by molar-refractivity contribution is 0.180. The standard InChI is InChI=1S/C32H39IO5Si/c1-23(34)19-24(13-12-18-29(35)25-20-28(33)31(36)30(21-25)37-5)22-38-39(32(2,3)4,26-14-8-6-9-15-26)27-16-10-7-11-17-27/h6-12,14-17,20-21,23,29,34-36H,18-19,22H2,1-5H3/t13?,23-,29+/m0/s1. The minimum absolute atomic E-state index is 0.0594. The first-order valence-corrected chi connectivity index (χ1v) is 16.1. The molecule has 0 fully saturated rings. The molecular weight excluding hydrogens is 619 g/mol. The van der Waals surface area contributed by atoms with Gasteiger partial charge in [-0.25, -0.2) is 0 Å². The van der Waals surface area contributed by atoms with Gasteiger partial charge in [-0.1, -0.05) is 81.4 Å². The molecule has 0 amide bonds. The Kier molecular flexibility index (Phi) is 11.0. The molecule has 3 aromatic rings. The molecule has 3 N–H and O–H groups in total. The van der Waals surface area contributed by atoms with Gasteiger partial charge in [-0.2, -0.15) is 0 Å². The molecule has 0 aromatic heterocycles. The number of aromatic hydroxyl groups is 1. The first-order chi connectivity index (χ1) is 18.5. The maximum atomic E-state index is 10.8. The van der Waals surface area contributed by atoms with Gasteiger partial charge in [0.15, 0.2) is 11.5 Å². The maximum Gasteiger partial charge on any atom is 0.261 e. The summed E-state index contributed by atoms with van der Waals surface area (Å²) < 4.78 is 12.9. The number of methoxy groups -OCH3 is 1. The van der Waals surface area contributed by atoms with Crippen molar-refractivity contribution in [2.75, 3.05) is 13.7 Å². The molecule has 5 nitrogen and oxygen atoms in total. The number of rotatable bonds is 11. The third-order valence-corrected chi connectivity index (χ3v) is 12.5. The van der Waals surface area contributed by atoms with Gasteiger partial charge in [0.1, 0.15) is 0 Å². The van der Waals surface area contributed by atoms with Crippen LogP contribution in [-0.4, -0.2) is 43.5 Å². The topological polar surface area (TPSA) is 79.2 Å². The van der Waals surface area contributed by atoms with Crippen LogP contribution in [0.2, 0.25) is 5.04 Å². The van der Waals surface area contributed by atoms with E-state index in [2.05, 4.69) is 75.0 Å². The molecule has 2 atom stereocenters. The van der Waals surface area contributed by atoms with Crippen molar-refractivity contribution in [1.29, 1.82) is 0 Å². The Morgan fingerprint density at radius 3 is 2.05 bits per heavy atom. The average Bonchev–Trinajstić information content (AvgIpc) is 2.90. The van der Waals surface area contributed by atoms with Gasteiger partial charge in [-0.3, -0.25) is 0 Å². The first-order valence-electron chi connectivity index (χ1n) is 13.1. The molecule has 0 spiro atoms. The molecular formula is C32H39IO5Si. The summed E-state index contributed by atoms with van der Waals surface area (Å²) in [5.74, 6) is 0.383. The Morgan fingerprint density at radius 2 is 1.56 bits per heavy atom. The zero-order valence-corrected chi connectivity index (χ0v) is 26.5. The lowest BCUT2D eigenvalue weighted by atomic mass is 10.1. The van der Waals surface area contributed by atoms with E-state index in [1.54, 1.807) is 25.1 Å². The zero-order chi connectivity index (χ0) is 28.6. The lowest BCUT2D eigenvalue weighted by Crippen LogP contribution is -2.66. The number of aliphatic hydroxyl groups excluding tert-OH is 2. The summed E-state index contributed by atoms with van der Waals surface area (Å²) >= 11 is 2.02. The fraction of sp³-hybridized carbons (Fsp3) is 0.344. The normalized spacial score (nSPS) is 13.3. The molecule has 0 radical (unpaired) electrons. The van der Waals surface area contributed by atoms with Crippen molar-refractivity contribution in [3.63, 3.8) is 0 Å². The van der Waals surface area contributed by atoms with E-state index in [0.29, 0.717) is 34.3 Å². The maximum absolute atomic E-state index is 10.8. The predicted octanol–water partition coefficient (Wildman–Crippen LogP) is 5.86. The van der Waals surface area contributed by atoms with Gasteiger partial charge in [0.2, 0.25) is 0 Å². The summed E-state index contributed by atoms with van der Waals surface area (Å²) in [5.41, 5.74) is 4.80. The Morgan fingerprint density at radius 1 is 1.00 bits per heavy atom. The van der Waals surface area contributed by atoms with Crippen LogP contribution in [0.1, 0.15) is 52.2 Å². The van der Waals surface area contributed by atoms with Crippen LogP contribution in [0.15, 0.2) is 90.2 Å². The van der Waals surface area contributed by atoms with E-state index in [9.17, 15) is 15.3 Å². The Balaban J connectivity index is 1.95. The fourth-order valence-corrected chi connectivity index (χ4v) is 10.0. The van der Waals surface area contributed by atoms with E-state index in [1.807, 2.05) is 34.7 Å². The minimum Gasteiger partial charge on any atom is -0.504 e. The summed E-state index contributed by atoms with van der Waals surface area (Å²) in [6.07, 6.45) is 1.16. The van der Waals surface area contributed by atoms with Crippen LogP contribution in [0.25, 0.3) is 0 Å². The number of hydrogen-bond acceptors (Lipinski definition) is 5. The molecule has 0 aliphatic heterocycles. The molecule has 7 heteroatoms. The zero-order valence-electron chi connectivity index (χ0n) is 23.3. The molecule has 0 heterocycles. The van der Waals surface area contributed by atoms with Gasteiger partial charge in [-0.15, -0.1) is 5.73 Å². The number of halogens is 1. The van der Waals surface area contributed by atoms with Crippen LogP contribution in [-0.2, 0) is 4.43 Å². The van der Waals surface area contributed by atoms with Gasteiger partial charge in [-0.05, 0) is 74.3 Å². The third kappa shape index (κ3) is 7.63. The fourth-order valence-electron chi connectivity index (χ4n) is 4.87. The Hall–Kier alpha value is -2.39. The van der Waals surface area contributed by atoms with E-state index in [1.165, 1.54) is 17.5 Å². The monoisotopic (exact) mass is 658 g/mol. The van der Waals surface area contributed by atoms with Crippen LogP contribution in [0, 0.1) is 3.57 Å². The molecule has 0 aliphatic carbocycles. The molecule has 3 aromatic carbocycles. The quantitative estimate of drug-likeness (QED) is 0.137. The van der Waals surface area contributed by atoms with Crippen LogP contribution in [0.3, 0.4) is 0 Å². The van der Waals surface area contributed by atoms with Crippen LogP contribution in [0.5, 0.6) is 11.5 Å². The molecule has 0 aliphatic rings. The number of aliphatic hydroxyl groups is 2. The summed E-state index contributed by atoms with van der Waals surface area (Å²) in [6.45, 7) is 8.77. The molecule has 39 heavy (non-hydrogen) atoms. The number of phenolic OH excluding ortho intramolecular Hbond substituents is 1. The van der Waals surface area contributed by atoms with E-state index < -0.39 is 20.5 Å².